The van der Waals surface area contributed by atoms with E-state index in [0.29, 0.717) is 16.3 Å². The molecule has 134 valence electrons. The number of hydrogen-bond donors (Lipinski definition) is 1. The Bertz CT molecular complexity index is 818. The van der Waals surface area contributed by atoms with E-state index in [4.69, 9.17) is 16.3 Å². The molecular formula is C22H21ClFNO. The molecule has 0 heterocycles. The van der Waals surface area contributed by atoms with Gasteiger partial charge >= 0.3 is 0 Å². The number of ether oxygens (including phenoxy) is 1. The molecule has 0 aromatic heterocycles. The van der Waals surface area contributed by atoms with Gasteiger partial charge in [0.1, 0.15) is 18.2 Å². The summed E-state index contributed by atoms with van der Waals surface area (Å²) in [5.74, 6) is 0.350. The summed E-state index contributed by atoms with van der Waals surface area (Å²) in [6.07, 6.45) is 0.989. The van der Waals surface area contributed by atoms with Crippen molar-refractivity contribution in [2.24, 2.45) is 0 Å². The standard InChI is InChI=1S/C22H21ClFNO/c23-21-10-5-11-22(24)20(21)16-26-19-9-4-8-18(14-19)15-25-13-12-17-6-2-1-3-7-17/h1-11,14,25H,12-13,15-16H2. The van der Waals surface area contributed by atoms with Crippen LogP contribution in [0, 0.1) is 5.82 Å². The van der Waals surface area contributed by atoms with Crippen LogP contribution in [0.3, 0.4) is 0 Å². The van der Waals surface area contributed by atoms with Gasteiger partial charge in [-0.15, -0.1) is 0 Å². The minimum atomic E-state index is -0.351. The number of nitrogens with one attached hydrogen (secondary N) is 1. The van der Waals surface area contributed by atoms with Crippen LogP contribution in [0.1, 0.15) is 16.7 Å². The van der Waals surface area contributed by atoms with Crippen LogP contribution >= 0.6 is 11.6 Å². The molecule has 0 fully saturated rings. The SMILES string of the molecule is Fc1cccc(Cl)c1COc1cccc(CNCCc2ccccc2)c1. The molecule has 4 heteroatoms. The van der Waals surface area contributed by atoms with E-state index in [1.165, 1.54) is 11.6 Å². The first-order valence-electron chi connectivity index (χ1n) is 8.61. The van der Waals surface area contributed by atoms with Crippen LogP contribution in [0.15, 0.2) is 72.8 Å². The van der Waals surface area contributed by atoms with E-state index >= 15 is 0 Å². The first kappa shape index (κ1) is 18.4. The largest absolute Gasteiger partial charge is 0.489 e. The zero-order valence-corrected chi connectivity index (χ0v) is 15.2. The molecule has 3 rings (SSSR count). The summed E-state index contributed by atoms with van der Waals surface area (Å²) in [4.78, 5) is 0. The highest BCUT2D eigenvalue weighted by Crippen LogP contribution is 2.22. The number of hydrogen-bond acceptors (Lipinski definition) is 2. The predicted molar refractivity (Wildman–Crippen MR) is 104 cm³/mol. The fraction of sp³-hybridized carbons (Fsp3) is 0.182. The average molecular weight is 370 g/mol. The quantitative estimate of drug-likeness (QED) is 0.537. The third-order valence-corrected chi connectivity index (χ3v) is 4.46. The lowest BCUT2D eigenvalue weighted by Gasteiger charge is -2.10. The van der Waals surface area contributed by atoms with Crippen LogP contribution in [-0.2, 0) is 19.6 Å². The normalized spacial score (nSPS) is 10.7. The number of benzene rings is 3. The van der Waals surface area contributed by atoms with E-state index in [1.807, 2.05) is 30.3 Å². The van der Waals surface area contributed by atoms with E-state index in [1.54, 1.807) is 12.1 Å². The van der Waals surface area contributed by atoms with Crippen LogP contribution in [0.5, 0.6) is 5.75 Å². The fourth-order valence-corrected chi connectivity index (χ4v) is 2.90. The number of halogens is 2. The van der Waals surface area contributed by atoms with Crippen molar-refractivity contribution in [1.82, 2.24) is 5.32 Å². The Morgan fingerprint density at radius 3 is 2.46 bits per heavy atom. The van der Waals surface area contributed by atoms with Crippen LogP contribution in [0.2, 0.25) is 5.02 Å². The van der Waals surface area contributed by atoms with Crippen LogP contribution in [-0.4, -0.2) is 6.54 Å². The van der Waals surface area contributed by atoms with Crippen molar-refractivity contribution in [1.29, 1.82) is 0 Å². The second kappa shape index (κ2) is 9.37. The van der Waals surface area contributed by atoms with Gasteiger partial charge in [-0.1, -0.05) is 60.1 Å². The highest BCUT2D eigenvalue weighted by atomic mass is 35.5. The zero-order valence-electron chi connectivity index (χ0n) is 14.4. The minimum absolute atomic E-state index is 0.108. The Balaban J connectivity index is 1.50. The maximum Gasteiger partial charge on any atom is 0.131 e. The highest BCUT2D eigenvalue weighted by molar-refractivity contribution is 6.31. The monoisotopic (exact) mass is 369 g/mol. The van der Waals surface area contributed by atoms with E-state index in [0.717, 1.165) is 25.1 Å². The van der Waals surface area contributed by atoms with E-state index < -0.39 is 0 Å². The summed E-state index contributed by atoms with van der Waals surface area (Å²) in [6.45, 7) is 1.76. The molecule has 3 aromatic carbocycles. The lowest BCUT2D eigenvalue weighted by molar-refractivity contribution is 0.299. The van der Waals surface area contributed by atoms with Gasteiger partial charge in [-0.2, -0.15) is 0 Å². The van der Waals surface area contributed by atoms with Gasteiger partial charge in [0.2, 0.25) is 0 Å². The molecular weight excluding hydrogens is 349 g/mol. The third kappa shape index (κ3) is 5.32. The molecule has 0 atom stereocenters. The summed E-state index contributed by atoms with van der Waals surface area (Å²) in [6, 6.07) is 22.8. The molecule has 0 aliphatic rings. The fourth-order valence-electron chi connectivity index (χ4n) is 2.68. The molecule has 0 spiro atoms. The molecule has 3 aromatic rings. The Hall–Kier alpha value is -2.36. The van der Waals surface area contributed by atoms with E-state index in [-0.39, 0.29) is 12.4 Å². The van der Waals surface area contributed by atoms with Crippen LogP contribution < -0.4 is 10.1 Å². The van der Waals surface area contributed by atoms with Crippen molar-refractivity contribution in [2.75, 3.05) is 6.54 Å². The third-order valence-electron chi connectivity index (χ3n) is 4.11. The second-order valence-corrected chi connectivity index (χ2v) is 6.46. The van der Waals surface area contributed by atoms with Gasteiger partial charge in [0.15, 0.2) is 0 Å². The molecule has 0 amide bonds. The lowest BCUT2D eigenvalue weighted by Crippen LogP contribution is -2.16. The van der Waals surface area contributed by atoms with Gasteiger partial charge in [0, 0.05) is 12.1 Å². The van der Waals surface area contributed by atoms with Crippen molar-refractivity contribution < 1.29 is 9.13 Å². The smallest absolute Gasteiger partial charge is 0.131 e. The van der Waals surface area contributed by atoms with Crippen molar-refractivity contribution >= 4 is 11.6 Å². The minimum Gasteiger partial charge on any atom is -0.489 e. The summed E-state index contributed by atoms with van der Waals surface area (Å²) >= 11 is 6.03. The van der Waals surface area contributed by atoms with E-state index in [9.17, 15) is 4.39 Å². The maximum absolute atomic E-state index is 13.8. The molecule has 1 N–H and O–H groups in total. The van der Waals surface area contributed by atoms with Crippen LogP contribution in [0.4, 0.5) is 4.39 Å². The number of rotatable bonds is 8. The van der Waals surface area contributed by atoms with Gasteiger partial charge in [0.05, 0.1) is 5.02 Å². The molecule has 0 aliphatic carbocycles. The molecule has 0 saturated heterocycles. The van der Waals surface area contributed by atoms with Gasteiger partial charge in [-0.3, -0.25) is 0 Å². The van der Waals surface area contributed by atoms with Crippen molar-refractivity contribution in [3.8, 4) is 5.75 Å². The Morgan fingerprint density at radius 2 is 1.65 bits per heavy atom. The lowest BCUT2D eigenvalue weighted by atomic mass is 10.1. The zero-order chi connectivity index (χ0) is 18.2. The summed E-state index contributed by atoms with van der Waals surface area (Å²) in [5, 5.41) is 3.81. The van der Waals surface area contributed by atoms with Gasteiger partial charge in [-0.05, 0) is 48.4 Å². The van der Waals surface area contributed by atoms with Gasteiger partial charge in [-0.25, -0.2) is 4.39 Å². The van der Waals surface area contributed by atoms with Crippen molar-refractivity contribution in [3.05, 3.63) is 100 Å². The second-order valence-electron chi connectivity index (χ2n) is 6.05. The van der Waals surface area contributed by atoms with Crippen LogP contribution in [0.25, 0.3) is 0 Å². The Kier molecular flexibility index (Phi) is 6.64. The van der Waals surface area contributed by atoms with E-state index in [2.05, 4.69) is 29.6 Å². The first-order chi connectivity index (χ1) is 12.7. The molecule has 2 nitrogen and oxygen atoms in total. The summed E-state index contributed by atoms with van der Waals surface area (Å²) in [7, 11) is 0. The molecule has 0 bridgehead atoms. The summed E-state index contributed by atoms with van der Waals surface area (Å²) < 4.78 is 19.5. The molecule has 26 heavy (non-hydrogen) atoms. The topological polar surface area (TPSA) is 21.3 Å². The molecule has 0 saturated carbocycles. The maximum atomic E-state index is 13.8. The first-order valence-corrected chi connectivity index (χ1v) is 8.99. The van der Waals surface area contributed by atoms with Crippen molar-refractivity contribution in [3.63, 3.8) is 0 Å². The molecule has 0 unspecified atom stereocenters. The highest BCUT2D eigenvalue weighted by Gasteiger charge is 2.07. The predicted octanol–water partition coefficient (Wildman–Crippen LogP) is 5.39. The molecule has 0 aliphatic heterocycles. The Labute approximate surface area is 158 Å². The molecule has 0 radical (unpaired) electrons. The average Bonchev–Trinajstić information content (AvgIpc) is 2.66. The Morgan fingerprint density at radius 1 is 0.885 bits per heavy atom. The van der Waals surface area contributed by atoms with Crippen molar-refractivity contribution in [2.45, 2.75) is 19.6 Å². The summed E-state index contributed by atoms with van der Waals surface area (Å²) in [5.41, 5.74) is 2.81. The van der Waals surface area contributed by atoms with Gasteiger partial charge in [0.25, 0.3) is 0 Å². The van der Waals surface area contributed by atoms with Gasteiger partial charge < -0.3 is 10.1 Å².